The molecule has 0 aliphatic carbocycles. The van der Waals surface area contributed by atoms with Gasteiger partial charge in [0, 0.05) is 49.5 Å². The van der Waals surface area contributed by atoms with Crippen LogP contribution >= 0.6 is 11.3 Å². The van der Waals surface area contributed by atoms with Gasteiger partial charge in [-0.2, -0.15) is 0 Å². The lowest BCUT2D eigenvalue weighted by Crippen LogP contribution is -2.48. The first-order chi connectivity index (χ1) is 12.2. The molecular weight excluding hydrogens is 336 g/mol. The molecular formula is C17H18N6OS. The predicted molar refractivity (Wildman–Crippen MR) is 97.7 cm³/mol. The van der Waals surface area contributed by atoms with Gasteiger partial charge in [-0.15, -0.1) is 21.5 Å². The number of hydrogen-bond acceptors (Lipinski definition) is 6. The number of aromatic nitrogens is 4. The lowest BCUT2D eigenvalue weighted by Gasteiger charge is -2.34. The Morgan fingerprint density at radius 1 is 1.24 bits per heavy atom. The van der Waals surface area contributed by atoms with E-state index in [2.05, 4.69) is 20.1 Å². The number of carbonyl (C=O) groups excluding carboxylic acids is 1. The summed E-state index contributed by atoms with van der Waals surface area (Å²) < 4.78 is 1.93. The number of piperazine rings is 1. The molecule has 25 heavy (non-hydrogen) atoms. The second-order valence-electron chi connectivity index (χ2n) is 5.85. The van der Waals surface area contributed by atoms with Gasteiger partial charge in [0.1, 0.15) is 5.82 Å². The minimum Gasteiger partial charge on any atom is -0.350 e. The van der Waals surface area contributed by atoms with Crippen LogP contribution in [0, 0.1) is 6.92 Å². The SMILES string of the molecule is Cc1nnc2c(N3CCN(C(=O)/C=C/c4cccs4)CC3)nccn12. The smallest absolute Gasteiger partial charge is 0.246 e. The first-order valence-electron chi connectivity index (χ1n) is 8.14. The number of hydrogen-bond donors (Lipinski definition) is 0. The fourth-order valence-electron chi connectivity index (χ4n) is 2.94. The minimum absolute atomic E-state index is 0.0533. The van der Waals surface area contributed by atoms with Crippen molar-refractivity contribution in [1.82, 2.24) is 24.5 Å². The standard InChI is InChI=1S/C17H18N6OS/c1-13-19-20-17-16(18-6-7-23(13)17)22-10-8-21(9-11-22)15(24)5-4-14-3-2-12-25-14/h2-7,12H,8-11H2,1H3/b5-4+. The van der Waals surface area contributed by atoms with Crippen LogP contribution in [0.25, 0.3) is 11.7 Å². The lowest BCUT2D eigenvalue weighted by molar-refractivity contribution is -0.126. The average molecular weight is 354 g/mol. The first kappa shape index (κ1) is 15.8. The van der Waals surface area contributed by atoms with Gasteiger partial charge in [-0.25, -0.2) is 4.98 Å². The van der Waals surface area contributed by atoms with E-state index in [1.807, 2.05) is 46.0 Å². The van der Waals surface area contributed by atoms with E-state index in [9.17, 15) is 4.79 Å². The quantitative estimate of drug-likeness (QED) is 0.672. The molecule has 1 fully saturated rings. The zero-order valence-corrected chi connectivity index (χ0v) is 14.7. The highest BCUT2D eigenvalue weighted by Crippen LogP contribution is 2.19. The van der Waals surface area contributed by atoms with Crippen molar-refractivity contribution in [2.24, 2.45) is 0 Å². The van der Waals surface area contributed by atoms with Crippen molar-refractivity contribution in [2.75, 3.05) is 31.1 Å². The van der Waals surface area contributed by atoms with Gasteiger partial charge in [0.2, 0.25) is 11.6 Å². The van der Waals surface area contributed by atoms with Crippen LogP contribution in [0.15, 0.2) is 36.0 Å². The van der Waals surface area contributed by atoms with E-state index < -0.39 is 0 Å². The molecule has 1 amide bonds. The Bertz CT molecular complexity index is 909. The maximum Gasteiger partial charge on any atom is 0.246 e. The molecule has 128 valence electrons. The van der Waals surface area contributed by atoms with Crippen molar-refractivity contribution < 1.29 is 4.79 Å². The van der Waals surface area contributed by atoms with Crippen LogP contribution in [0.1, 0.15) is 10.7 Å². The van der Waals surface area contributed by atoms with Crippen LogP contribution < -0.4 is 4.90 Å². The third-order valence-corrected chi connectivity index (χ3v) is 5.14. The van der Waals surface area contributed by atoms with E-state index in [4.69, 9.17) is 0 Å². The average Bonchev–Trinajstić information content (AvgIpc) is 3.30. The molecule has 0 spiro atoms. The van der Waals surface area contributed by atoms with Crippen molar-refractivity contribution in [3.8, 4) is 0 Å². The fourth-order valence-corrected chi connectivity index (χ4v) is 3.55. The maximum atomic E-state index is 12.3. The molecule has 0 radical (unpaired) electrons. The van der Waals surface area contributed by atoms with E-state index in [1.54, 1.807) is 23.6 Å². The minimum atomic E-state index is 0.0533. The molecule has 3 aromatic rings. The van der Waals surface area contributed by atoms with E-state index in [0.717, 1.165) is 35.3 Å². The third-order valence-electron chi connectivity index (χ3n) is 4.30. The summed E-state index contributed by atoms with van der Waals surface area (Å²) in [6.45, 7) is 4.72. The van der Waals surface area contributed by atoms with Crippen LogP contribution in [0.3, 0.4) is 0 Å². The zero-order chi connectivity index (χ0) is 17.2. The normalized spacial score (nSPS) is 15.4. The third kappa shape index (κ3) is 3.12. The molecule has 1 aliphatic heterocycles. The summed E-state index contributed by atoms with van der Waals surface area (Å²) in [7, 11) is 0. The number of rotatable bonds is 3. The molecule has 1 saturated heterocycles. The zero-order valence-electron chi connectivity index (χ0n) is 13.9. The molecule has 0 saturated carbocycles. The van der Waals surface area contributed by atoms with Crippen molar-refractivity contribution in [3.05, 3.63) is 46.7 Å². The number of amides is 1. The summed E-state index contributed by atoms with van der Waals surface area (Å²) in [6, 6.07) is 3.98. The highest BCUT2D eigenvalue weighted by Gasteiger charge is 2.23. The molecule has 0 unspecified atom stereocenters. The van der Waals surface area contributed by atoms with Crippen LogP contribution in [-0.2, 0) is 4.79 Å². The van der Waals surface area contributed by atoms with Crippen molar-refractivity contribution in [2.45, 2.75) is 6.92 Å². The predicted octanol–water partition coefficient (Wildman–Crippen LogP) is 1.86. The molecule has 0 N–H and O–H groups in total. The highest BCUT2D eigenvalue weighted by molar-refractivity contribution is 7.10. The number of thiophene rings is 1. The van der Waals surface area contributed by atoms with Crippen LogP contribution in [0.4, 0.5) is 5.82 Å². The van der Waals surface area contributed by atoms with Crippen LogP contribution in [0.2, 0.25) is 0 Å². The Morgan fingerprint density at radius 2 is 2.08 bits per heavy atom. The summed E-state index contributed by atoms with van der Waals surface area (Å²) in [5, 5.41) is 10.3. The van der Waals surface area contributed by atoms with E-state index in [1.165, 1.54) is 0 Å². The summed E-state index contributed by atoms with van der Waals surface area (Å²) in [4.78, 5) is 21.9. The van der Waals surface area contributed by atoms with Crippen LogP contribution in [0.5, 0.6) is 0 Å². The molecule has 4 heterocycles. The van der Waals surface area contributed by atoms with Crippen LogP contribution in [-0.4, -0.2) is 56.6 Å². The van der Waals surface area contributed by atoms with Gasteiger partial charge in [0.25, 0.3) is 0 Å². The molecule has 8 heteroatoms. The van der Waals surface area contributed by atoms with Gasteiger partial charge in [0.05, 0.1) is 0 Å². The van der Waals surface area contributed by atoms with Gasteiger partial charge in [0.15, 0.2) is 5.82 Å². The number of nitrogens with zero attached hydrogens (tertiary/aromatic N) is 6. The first-order valence-corrected chi connectivity index (χ1v) is 9.02. The van der Waals surface area contributed by atoms with Gasteiger partial charge < -0.3 is 9.80 Å². The number of anilines is 1. The monoisotopic (exact) mass is 354 g/mol. The van der Waals surface area contributed by atoms with Gasteiger partial charge >= 0.3 is 0 Å². The molecule has 0 atom stereocenters. The molecule has 0 bridgehead atoms. The summed E-state index contributed by atoms with van der Waals surface area (Å²) in [5.74, 6) is 1.72. The Balaban J connectivity index is 1.43. The van der Waals surface area contributed by atoms with Crippen molar-refractivity contribution >= 4 is 34.8 Å². The van der Waals surface area contributed by atoms with E-state index in [-0.39, 0.29) is 5.91 Å². The van der Waals surface area contributed by atoms with Gasteiger partial charge in [-0.1, -0.05) is 6.07 Å². The number of aryl methyl sites for hydroxylation is 1. The van der Waals surface area contributed by atoms with Gasteiger partial charge in [-0.3, -0.25) is 9.20 Å². The van der Waals surface area contributed by atoms with Crippen molar-refractivity contribution in [3.63, 3.8) is 0 Å². The fraction of sp³-hybridized carbons (Fsp3) is 0.294. The van der Waals surface area contributed by atoms with E-state index >= 15 is 0 Å². The molecule has 0 aromatic carbocycles. The Morgan fingerprint density at radius 3 is 2.84 bits per heavy atom. The Labute approximate surface area is 149 Å². The Kier molecular flexibility index (Phi) is 4.19. The topological polar surface area (TPSA) is 66.6 Å². The maximum absolute atomic E-state index is 12.3. The molecule has 7 nitrogen and oxygen atoms in total. The lowest BCUT2D eigenvalue weighted by atomic mass is 10.3. The highest BCUT2D eigenvalue weighted by atomic mass is 32.1. The second kappa shape index (κ2) is 6.64. The number of fused-ring (bicyclic) bond motifs is 1. The summed E-state index contributed by atoms with van der Waals surface area (Å²) in [5.41, 5.74) is 0.761. The molecule has 1 aliphatic rings. The van der Waals surface area contributed by atoms with E-state index in [0.29, 0.717) is 13.1 Å². The van der Waals surface area contributed by atoms with Gasteiger partial charge in [-0.05, 0) is 24.4 Å². The van der Waals surface area contributed by atoms with Crippen molar-refractivity contribution in [1.29, 1.82) is 0 Å². The second-order valence-corrected chi connectivity index (χ2v) is 6.83. The Hall–Kier alpha value is -2.74. The molecule has 3 aromatic heterocycles. The largest absolute Gasteiger partial charge is 0.350 e. The summed E-state index contributed by atoms with van der Waals surface area (Å²) in [6.07, 6.45) is 7.16. The molecule has 4 rings (SSSR count). The summed E-state index contributed by atoms with van der Waals surface area (Å²) >= 11 is 1.62. The number of carbonyl (C=O) groups is 1.